The van der Waals surface area contributed by atoms with Gasteiger partial charge in [0.2, 0.25) is 5.91 Å². The first-order chi connectivity index (χ1) is 12.6. The molecule has 136 valence electrons. The van der Waals surface area contributed by atoms with E-state index in [9.17, 15) is 4.79 Å². The van der Waals surface area contributed by atoms with Crippen LogP contribution >= 0.6 is 12.2 Å². The molecule has 1 amide bonds. The molecular weight excluding hydrogens is 342 g/mol. The monoisotopic (exact) mass is 367 g/mol. The summed E-state index contributed by atoms with van der Waals surface area (Å²) >= 11 is 5.38. The number of nitrogens with zero attached hydrogens (tertiary/aromatic N) is 1. The second kappa shape index (κ2) is 8.81. The van der Waals surface area contributed by atoms with Crippen LogP contribution in [0.15, 0.2) is 48.5 Å². The Kier molecular flexibility index (Phi) is 6.23. The molecule has 3 rings (SSSR count). The highest BCUT2D eigenvalue weighted by Gasteiger charge is 2.22. The average molecular weight is 368 g/mol. The van der Waals surface area contributed by atoms with Crippen molar-refractivity contribution in [2.45, 2.75) is 32.6 Å². The number of benzene rings is 2. The number of carbonyl (C=O) groups is 1. The van der Waals surface area contributed by atoms with Crippen molar-refractivity contribution in [1.82, 2.24) is 5.32 Å². The van der Waals surface area contributed by atoms with E-state index in [-0.39, 0.29) is 5.91 Å². The number of amides is 1. The maximum Gasteiger partial charge on any atom is 0.227 e. The maximum atomic E-state index is 11.9. The van der Waals surface area contributed by atoms with Crippen LogP contribution in [0, 0.1) is 6.92 Å². The second-order valence-electron chi connectivity index (χ2n) is 6.62. The molecule has 1 saturated heterocycles. The highest BCUT2D eigenvalue weighted by Crippen LogP contribution is 2.27. The molecule has 0 spiro atoms. The number of rotatable bonds is 6. The van der Waals surface area contributed by atoms with E-state index in [1.807, 2.05) is 36.1 Å². The molecule has 1 aliphatic rings. The number of carbonyl (C=O) groups excluding carboxylic acids is 1. The summed E-state index contributed by atoms with van der Waals surface area (Å²) in [7, 11) is 0. The molecule has 26 heavy (non-hydrogen) atoms. The van der Waals surface area contributed by atoms with E-state index < -0.39 is 0 Å². The minimum absolute atomic E-state index is 0.212. The standard InChI is InChI=1S/C21H25N3OS/c1-16-15-18(11-12-19(16)24-14-6-10-20(24)25)23-21(26)22-13-5-9-17-7-3-2-4-8-17/h2-4,7-8,11-12,15H,5-6,9-10,13-14H2,1H3,(H2,22,23,26). The molecule has 5 heteroatoms. The van der Waals surface area contributed by atoms with Crippen LogP contribution in [0.1, 0.15) is 30.4 Å². The summed E-state index contributed by atoms with van der Waals surface area (Å²) in [6.45, 7) is 3.68. The molecule has 0 aromatic heterocycles. The van der Waals surface area contributed by atoms with Crippen LogP contribution in [0.3, 0.4) is 0 Å². The lowest BCUT2D eigenvalue weighted by Crippen LogP contribution is -2.29. The first-order valence-electron chi connectivity index (χ1n) is 9.13. The molecule has 1 aliphatic heterocycles. The minimum Gasteiger partial charge on any atom is -0.362 e. The van der Waals surface area contributed by atoms with Gasteiger partial charge < -0.3 is 15.5 Å². The third kappa shape index (κ3) is 4.82. The van der Waals surface area contributed by atoms with Crippen LogP contribution in [0.5, 0.6) is 0 Å². The highest BCUT2D eigenvalue weighted by atomic mass is 32.1. The number of thiocarbonyl (C=S) groups is 1. The van der Waals surface area contributed by atoms with Gasteiger partial charge in [0, 0.05) is 30.9 Å². The lowest BCUT2D eigenvalue weighted by molar-refractivity contribution is -0.117. The van der Waals surface area contributed by atoms with Gasteiger partial charge in [-0.1, -0.05) is 30.3 Å². The van der Waals surface area contributed by atoms with Gasteiger partial charge in [0.25, 0.3) is 0 Å². The topological polar surface area (TPSA) is 44.4 Å². The lowest BCUT2D eigenvalue weighted by atomic mass is 10.1. The third-order valence-electron chi connectivity index (χ3n) is 4.59. The molecule has 0 radical (unpaired) electrons. The summed E-state index contributed by atoms with van der Waals surface area (Å²) in [5.41, 5.74) is 4.37. The van der Waals surface area contributed by atoms with Crippen molar-refractivity contribution in [1.29, 1.82) is 0 Å². The predicted octanol–water partition coefficient (Wildman–Crippen LogP) is 4.04. The zero-order valence-corrected chi connectivity index (χ0v) is 15.9. The summed E-state index contributed by atoms with van der Waals surface area (Å²) in [6, 6.07) is 16.5. The Morgan fingerprint density at radius 2 is 2.00 bits per heavy atom. The molecule has 0 atom stereocenters. The van der Waals surface area contributed by atoms with Gasteiger partial charge in [-0.25, -0.2) is 0 Å². The number of aryl methyl sites for hydroxylation is 2. The first-order valence-corrected chi connectivity index (χ1v) is 9.54. The van der Waals surface area contributed by atoms with E-state index in [4.69, 9.17) is 12.2 Å². The van der Waals surface area contributed by atoms with E-state index in [1.54, 1.807) is 0 Å². The van der Waals surface area contributed by atoms with E-state index >= 15 is 0 Å². The summed E-state index contributed by atoms with van der Waals surface area (Å²) in [5.74, 6) is 0.212. The molecular formula is C21H25N3OS. The van der Waals surface area contributed by atoms with Gasteiger partial charge in [-0.15, -0.1) is 0 Å². The van der Waals surface area contributed by atoms with Crippen molar-refractivity contribution in [2.24, 2.45) is 0 Å². The van der Waals surface area contributed by atoms with Crippen LogP contribution in [0.4, 0.5) is 11.4 Å². The largest absolute Gasteiger partial charge is 0.362 e. The zero-order chi connectivity index (χ0) is 18.4. The third-order valence-corrected chi connectivity index (χ3v) is 4.84. The van der Waals surface area contributed by atoms with Gasteiger partial charge >= 0.3 is 0 Å². The summed E-state index contributed by atoms with van der Waals surface area (Å²) in [4.78, 5) is 13.8. The summed E-state index contributed by atoms with van der Waals surface area (Å²) in [5, 5.41) is 7.11. The van der Waals surface area contributed by atoms with Gasteiger partial charge in [0.15, 0.2) is 5.11 Å². The van der Waals surface area contributed by atoms with Crippen molar-refractivity contribution in [2.75, 3.05) is 23.3 Å². The molecule has 0 aliphatic carbocycles. The van der Waals surface area contributed by atoms with Crippen molar-refractivity contribution >= 4 is 34.6 Å². The second-order valence-corrected chi connectivity index (χ2v) is 7.03. The molecule has 0 saturated carbocycles. The Hall–Kier alpha value is -2.40. The van der Waals surface area contributed by atoms with E-state index in [1.165, 1.54) is 5.56 Å². The fraction of sp³-hybridized carbons (Fsp3) is 0.333. The van der Waals surface area contributed by atoms with Gasteiger partial charge in [-0.3, -0.25) is 4.79 Å². The van der Waals surface area contributed by atoms with Crippen LogP contribution in [0.25, 0.3) is 0 Å². The molecule has 0 bridgehead atoms. The first kappa shape index (κ1) is 18.4. The van der Waals surface area contributed by atoms with Gasteiger partial charge in [0.1, 0.15) is 0 Å². The van der Waals surface area contributed by atoms with E-state index in [0.29, 0.717) is 11.5 Å². The van der Waals surface area contributed by atoms with Gasteiger partial charge in [-0.2, -0.15) is 0 Å². The van der Waals surface area contributed by atoms with E-state index in [0.717, 1.165) is 49.3 Å². The number of hydrogen-bond acceptors (Lipinski definition) is 2. The van der Waals surface area contributed by atoms with Gasteiger partial charge in [-0.05, 0) is 67.7 Å². The Bertz CT molecular complexity index is 776. The summed E-state index contributed by atoms with van der Waals surface area (Å²) < 4.78 is 0. The molecule has 1 heterocycles. The van der Waals surface area contributed by atoms with Crippen LogP contribution in [0.2, 0.25) is 0 Å². The molecule has 2 aromatic rings. The van der Waals surface area contributed by atoms with Gasteiger partial charge in [0.05, 0.1) is 0 Å². The van der Waals surface area contributed by atoms with E-state index in [2.05, 4.69) is 34.9 Å². The van der Waals surface area contributed by atoms with Crippen LogP contribution < -0.4 is 15.5 Å². The fourth-order valence-corrected chi connectivity index (χ4v) is 3.47. The normalized spacial score (nSPS) is 13.7. The molecule has 0 unspecified atom stereocenters. The Balaban J connectivity index is 1.46. The highest BCUT2D eigenvalue weighted by molar-refractivity contribution is 7.80. The quantitative estimate of drug-likeness (QED) is 0.597. The predicted molar refractivity (Wildman–Crippen MR) is 112 cm³/mol. The van der Waals surface area contributed by atoms with Crippen molar-refractivity contribution in [3.8, 4) is 0 Å². The lowest BCUT2D eigenvalue weighted by Gasteiger charge is -2.19. The van der Waals surface area contributed by atoms with Crippen molar-refractivity contribution in [3.05, 3.63) is 59.7 Å². The number of nitrogens with one attached hydrogen (secondary N) is 2. The minimum atomic E-state index is 0.212. The average Bonchev–Trinajstić information content (AvgIpc) is 3.06. The van der Waals surface area contributed by atoms with Crippen molar-refractivity contribution < 1.29 is 4.79 Å². The van der Waals surface area contributed by atoms with Crippen molar-refractivity contribution in [3.63, 3.8) is 0 Å². The molecule has 2 aromatic carbocycles. The zero-order valence-electron chi connectivity index (χ0n) is 15.1. The number of hydrogen-bond donors (Lipinski definition) is 2. The Morgan fingerprint density at radius 1 is 1.19 bits per heavy atom. The fourth-order valence-electron chi connectivity index (χ4n) is 3.25. The number of anilines is 2. The SMILES string of the molecule is Cc1cc(NC(=S)NCCCc2ccccc2)ccc1N1CCCC1=O. The summed E-state index contributed by atoms with van der Waals surface area (Å²) in [6.07, 6.45) is 3.65. The Morgan fingerprint density at radius 3 is 2.69 bits per heavy atom. The smallest absolute Gasteiger partial charge is 0.227 e. The molecule has 2 N–H and O–H groups in total. The molecule has 4 nitrogen and oxygen atoms in total. The Labute approximate surface area is 160 Å². The van der Waals surface area contributed by atoms with Crippen LogP contribution in [-0.4, -0.2) is 24.1 Å². The molecule has 1 fully saturated rings. The van der Waals surface area contributed by atoms with Crippen LogP contribution in [-0.2, 0) is 11.2 Å². The maximum absolute atomic E-state index is 11.9.